The summed E-state index contributed by atoms with van der Waals surface area (Å²) in [6.07, 6.45) is 10.4. The van der Waals surface area contributed by atoms with Crippen molar-refractivity contribution in [2.24, 2.45) is 0 Å². The van der Waals surface area contributed by atoms with Crippen LogP contribution >= 0.6 is 0 Å². The van der Waals surface area contributed by atoms with Crippen molar-refractivity contribution < 1.29 is 13.2 Å². The van der Waals surface area contributed by atoms with E-state index in [1.807, 2.05) is 10.8 Å². The third-order valence-electron chi connectivity index (χ3n) is 4.79. The normalized spacial score (nSPS) is 24.0. The Kier molecular flexibility index (Phi) is 4.46. The molecule has 1 atom stereocenters. The van der Waals surface area contributed by atoms with E-state index in [1.54, 1.807) is 6.20 Å². The number of aromatic nitrogens is 2. The molecule has 128 valence electrons. The lowest BCUT2D eigenvalue weighted by molar-refractivity contribution is -0.129. The van der Waals surface area contributed by atoms with Gasteiger partial charge in [-0.25, -0.2) is 13.4 Å². The minimum atomic E-state index is -3.43. The van der Waals surface area contributed by atoms with Gasteiger partial charge in [-0.15, -0.1) is 0 Å². The molecule has 3 rings (SSSR count). The molecular weight excluding hydrogens is 316 g/mol. The van der Waals surface area contributed by atoms with Crippen LogP contribution in [0.3, 0.4) is 0 Å². The third kappa shape index (κ3) is 3.74. The summed E-state index contributed by atoms with van der Waals surface area (Å²) in [6.45, 7) is 0.691. The number of hydrogen-bond donors (Lipinski definition) is 2. The fourth-order valence-electron chi connectivity index (χ4n) is 3.69. The first-order valence-electron chi connectivity index (χ1n) is 8.18. The van der Waals surface area contributed by atoms with Crippen molar-refractivity contribution in [1.29, 1.82) is 0 Å². The highest BCUT2D eigenvalue weighted by atomic mass is 32.2. The monoisotopic (exact) mass is 340 g/mol. The van der Waals surface area contributed by atoms with Crippen molar-refractivity contribution >= 4 is 15.9 Å². The van der Waals surface area contributed by atoms with Crippen LogP contribution in [0.15, 0.2) is 12.4 Å². The number of nitrogens with one attached hydrogen (secondary N) is 2. The lowest BCUT2D eigenvalue weighted by atomic mass is 9.81. The van der Waals surface area contributed by atoms with Gasteiger partial charge in [-0.05, 0) is 19.3 Å². The van der Waals surface area contributed by atoms with Crippen LogP contribution in [0.5, 0.6) is 0 Å². The maximum absolute atomic E-state index is 12.9. The predicted octanol–water partition coefficient (Wildman–Crippen LogP) is 0.566. The van der Waals surface area contributed by atoms with Gasteiger partial charge in [0, 0.05) is 31.4 Å². The largest absolute Gasteiger partial charge is 0.350 e. The molecule has 1 amide bonds. The maximum Gasteiger partial charge on any atom is 0.241 e. The number of imidazole rings is 1. The van der Waals surface area contributed by atoms with E-state index in [0.29, 0.717) is 19.4 Å². The molecule has 1 aromatic heterocycles. The number of carbonyl (C=O) groups is 1. The molecule has 1 fully saturated rings. The Bertz CT molecular complexity index is 677. The first-order valence-corrected chi connectivity index (χ1v) is 10.1. The first kappa shape index (κ1) is 16.4. The van der Waals surface area contributed by atoms with Gasteiger partial charge in [0.1, 0.15) is 11.4 Å². The standard InChI is InChI=1S/C15H24N4O3S/c1-23(21,22)18-15(7-3-2-4-8-15)14(20)17-12-5-6-13-16-9-10-19(13)11-12/h9-10,12,18H,2-8,11H2,1H3,(H,17,20)/t12-/m1/s1. The molecule has 1 aliphatic heterocycles. The summed E-state index contributed by atoms with van der Waals surface area (Å²) >= 11 is 0. The van der Waals surface area contributed by atoms with E-state index >= 15 is 0 Å². The van der Waals surface area contributed by atoms with Crippen LogP contribution in [0.2, 0.25) is 0 Å². The van der Waals surface area contributed by atoms with Crippen molar-refractivity contribution in [2.75, 3.05) is 6.26 Å². The Morgan fingerprint density at radius 2 is 2.09 bits per heavy atom. The molecule has 7 nitrogen and oxygen atoms in total. The van der Waals surface area contributed by atoms with Crippen LogP contribution in [-0.2, 0) is 27.8 Å². The number of fused-ring (bicyclic) bond motifs is 1. The van der Waals surface area contributed by atoms with Gasteiger partial charge in [0.2, 0.25) is 15.9 Å². The van der Waals surface area contributed by atoms with Gasteiger partial charge in [0.15, 0.2) is 0 Å². The molecule has 2 heterocycles. The van der Waals surface area contributed by atoms with Gasteiger partial charge in [0.05, 0.1) is 6.26 Å². The molecule has 0 bridgehead atoms. The Morgan fingerprint density at radius 1 is 1.35 bits per heavy atom. The fraction of sp³-hybridized carbons (Fsp3) is 0.733. The zero-order valence-electron chi connectivity index (χ0n) is 13.4. The molecule has 1 aliphatic carbocycles. The average Bonchev–Trinajstić information content (AvgIpc) is 2.94. The first-order chi connectivity index (χ1) is 10.9. The SMILES string of the molecule is CS(=O)(=O)NC1(C(=O)N[C@@H]2CCc3nccn3C2)CCCCC1. The molecule has 1 aromatic rings. The highest BCUT2D eigenvalue weighted by Gasteiger charge is 2.42. The molecule has 0 radical (unpaired) electrons. The Hall–Kier alpha value is -1.41. The molecule has 0 spiro atoms. The third-order valence-corrected chi connectivity index (χ3v) is 5.55. The lowest BCUT2D eigenvalue weighted by Gasteiger charge is -2.37. The summed E-state index contributed by atoms with van der Waals surface area (Å²) in [6, 6.07) is 0.0179. The van der Waals surface area contributed by atoms with Gasteiger partial charge < -0.3 is 9.88 Å². The maximum atomic E-state index is 12.9. The Balaban J connectivity index is 1.71. The van der Waals surface area contributed by atoms with E-state index in [0.717, 1.165) is 44.2 Å². The molecule has 2 N–H and O–H groups in total. The van der Waals surface area contributed by atoms with Gasteiger partial charge in [-0.3, -0.25) is 4.79 Å². The molecular formula is C15H24N4O3S. The average molecular weight is 340 g/mol. The molecule has 0 aromatic carbocycles. The van der Waals surface area contributed by atoms with Gasteiger partial charge >= 0.3 is 0 Å². The van der Waals surface area contributed by atoms with Crippen molar-refractivity contribution in [3.8, 4) is 0 Å². The van der Waals surface area contributed by atoms with Crippen LogP contribution in [-0.4, -0.2) is 41.7 Å². The zero-order valence-corrected chi connectivity index (χ0v) is 14.2. The molecule has 8 heteroatoms. The van der Waals surface area contributed by atoms with Crippen molar-refractivity contribution in [3.63, 3.8) is 0 Å². The smallest absolute Gasteiger partial charge is 0.241 e. The zero-order chi connectivity index (χ0) is 16.5. The van der Waals surface area contributed by atoms with Crippen molar-refractivity contribution in [3.05, 3.63) is 18.2 Å². The van der Waals surface area contributed by atoms with E-state index < -0.39 is 15.6 Å². The highest BCUT2D eigenvalue weighted by molar-refractivity contribution is 7.88. The molecule has 23 heavy (non-hydrogen) atoms. The summed E-state index contributed by atoms with van der Waals surface area (Å²) in [5, 5.41) is 3.07. The summed E-state index contributed by atoms with van der Waals surface area (Å²) < 4.78 is 28.1. The van der Waals surface area contributed by atoms with E-state index in [1.165, 1.54) is 0 Å². The van der Waals surface area contributed by atoms with Crippen molar-refractivity contribution in [1.82, 2.24) is 19.6 Å². The Morgan fingerprint density at radius 3 is 2.78 bits per heavy atom. The van der Waals surface area contributed by atoms with E-state index in [-0.39, 0.29) is 11.9 Å². The second-order valence-corrected chi connectivity index (χ2v) is 8.47. The topological polar surface area (TPSA) is 93.1 Å². The van der Waals surface area contributed by atoms with E-state index in [2.05, 4.69) is 15.0 Å². The number of rotatable bonds is 4. The quantitative estimate of drug-likeness (QED) is 0.838. The number of hydrogen-bond acceptors (Lipinski definition) is 4. The summed E-state index contributed by atoms with van der Waals surface area (Å²) in [7, 11) is -3.43. The summed E-state index contributed by atoms with van der Waals surface area (Å²) in [4.78, 5) is 17.1. The van der Waals surface area contributed by atoms with Crippen molar-refractivity contribution in [2.45, 2.75) is 63.1 Å². The fourth-order valence-corrected chi connectivity index (χ4v) is 4.70. The minimum absolute atomic E-state index is 0.0179. The van der Waals surface area contributed by atoms with Crippen LogP contribution in [0.1, 0.15) is 44.3 Å². The summed E-state index contributed by atoms with van der Waals surface area (Å²) in [5.74, 6) is 0.855. The van der Waals surface area contributed by atoms with E-state index in [9.17, 15) is 13.2 Å². The number of aryl methyl sites for hydroxylation is 1. The van der Waals surface area contributed by atoms with Gasteiger partial charge in [-0.2, -0.15) is 4.72 Å². The van der Waals surface area contributed by atoms with Gasteiger partial charge in [-0.1, -0.05) is 19.3 Å². The molecule has 2 aliphatic rings. The second-order valence-electron chi connectivity index (χ2n) is 6.72. The molecule has 0 unspecified atom stereocenters. The number of amides is 1. The summed E-state index contributed by atoms with van der Waals surface area (Å²) in [5.41, 5.74) is -0.985. The van der Waals surface area contributed by atoms with Gasteiger partial charge in [0.25, 0.3) is 0 Å². The number of nitrogens with zero attached hydrogens (tertiary/aromatic N) is 2. The van der Waals surface area contributed by atoms with Crippen LogP contribution < -0.4 is 10.0 Å². The van der Waals surface area contributed by atoms with Crippen LogP contribution in [0, 0.1) is 0 Å². The van der Waals surface area contributed by atoms with Crippen LogP contribution in [0.4, 0.5) is 0 Å². The molecule has 0 saturated heterocycles. The lowest BCUT2D eigenvalue weighted by Crippen LogP contribution is -2.61. The molecule has 1 saturated carbocycles. The van der Waals surface area contributed by atoms with E-state index in [4.69, 9.17) is 0 Å². The number of sulfonamides is 1. The second kappa shape index (κ2) is 6.24. The highest BCUT2D eigenvalue weighted by Crippen LogP contribution is 2.29. The Labute approximate surface area is 136 Å². The minimum Gasteiger partial charge on any atom is -0.350 e. The number of carbonyl (C=O) groups excluding carboxylic acids is 1. The predicted molar refractivity (Wildman–Crippen MR) is 86.3 cm³/mol. The van der Waals surface area contributed by atoms with Crippen LogP contribution in [0.25, 0.3) is 0 Å².